The quantitative estimate of drug-likeness (QED) is 0.619. The summed E-state index contributed by atoms with van der Waals surface area (Å²) >= 11 is 0. The molecular weight excluding hydrogens is 260 g/mol. The molecule has 0 radical (unpaired) electrons. The lowest BCUT2D eigenvalue weighted by Crippen LogP contribution is -2.25. The smallest absolute Gasteiger partial charge is 0.373 e. The van der Waals surface area contributed by atoms with E-state index in [4.69, 9.17) is 14.3 Å². The maximum atomic E-state index is 11.5. The van der Waals surface area contributed by atoms with Crippen molar-refractivity contribution in [2.75, 3.05) is 0 Å². The molecule has 0 aromatic heterocycles. The van der Waals surface area contributed by atoms with Crippen molar-refractivity contribution in [2.24, 2.45) is 11.8 Å². The van der Waals surface area contributed by atoms with E-state index in [0.29, 0.717) is 12.3 Å². The fourth-order valence-electron chi connectivity index (χ4n) is 1.59. The van der Waals surface area contributed by atoms with Crippen LogP contribution in [-0.2, 0) is 19.1 Å². The molecule has 0 saturated carbocycles. The number of carbonyl (C=O) groups excluding carboxylic acids is 3. The minimum atomic E-state index is -0.474. The second-order valence-corrected chi connectivity index (χ2v) is 5.77. The largest absolute Gasteiger partial charge is 0.457 e. The molecule has 0 aliphatic rings. The first-order valence-corrected chi connectivity index (χ1v) is 6.67. The SMILES string of the molecule is CC[C@H](O)[C@@H](/C=C/C(=O)OC(C)(C)C)C(C)C.O=C=O. The molecule has 5 heteroatoms. The molecule has 116 valence electrons. The lowest BCUT2D eigenvalue weighted by molar-refractivity contribution is -0.191. The second-order valence-electron chi connectivity index (χ2n) is 5.77. The average Bonchev–Trinajstić information content (AvgIpc) is 2.27. The van der Waals surface area contributed by atoms with Gasteiger partial charge < -0.3 is 9.84 Å². The summed E-state index contributed by atoms with van der Waals surface area (Å²) in [6, 6.07) is 0. The van der Waals surface area contributed by atoms with Crippen LogP contribution in [0.3, 0.4) is 0 Å². The van der Waals surface area contributed by atoms with Crippen LogP contribution < -0.4 is 0 Å². The zero-order valence-electron chi connectivity index (χ0n) is 13.2. The summed E-state index contributed by atoms with van der Waals surface area (Å²) in [5.41, 5.74) is -0.474. The van der Waals surface area contributed by atoms with Crippen molar-refractivity contribution < 1.29 is 24.2 Å². The molecule has 0 rings (SSSR count). The van der Waals surface area contributed by atoms with Gasteiger partial charge in [-0.05, 0) is 33.1 Å². The lowest BCUT2D eigenvalue weighted by Gasteiger charge is -2.22. The van der Waals surface area contributed by atoms with Gasteiger partial charge in [0.2, 0.25) is 0 Å². The van der Waals surface area contributed by atoms with Crippen LogP contribution in [0.1, 0.15) is 48.0 Å². The van der Waals surface area contributed by atoms with E-state index in [0.717, 1.165) is 0 Å². The minimum absolute atomic E-state index is 0.00693. The highest BCUT2D eigenvalue weighted by atomic mass is 16.6. The molecular formula is C15H26O5. The lowest BCUT2D eigenvalue weighted by atomic mass is 9.88. The highest BCUT2D eigenvalue weighted by Crippen LogP contribution is 2.19. The maximum Gasteiger partial charge on any atom is 0.373 e. The van der Waals surface area contributed by atoms with Crippen molar-refractivity contribution in [3.8, 4) is 0 Å². The van der Waals surface area contributed by atoms with Gasteiger partial charge in [0.25, 0.3) is 0 Å². The van der Waals surface area contributed by atoms with E-state index in [2.05, 4.69) is 0 Å². The Morgan fingerprint density at radius 2 is 1.75 bits per heavy atom. The van der Waals surface area contributed by atoms with Gasteiger partial charge in [-0.15, -0.1) is 0 Å². The van der Waals surface area contributed by atoms with E-state index < -0.39 is 11.7 Å². The standard InChI is InChI=1S/C14H26O3.CO2/c1-7-12(15)11(10(2)3)8-9-13(16)17-14(4,5)6;2-1-3/h8-12,15H,7H2,1-6H3;/b9-8+;/t11-,12-;/m0./s1. The number of hydrogen-bond acceptors (Lipinski definition) is 5. The third-order valence-corrected chi connectivity index (χ3v) is 2.49. The number of hydrogen-bond donors (Lipinski definition) is 1. The molecule has 5 nitrogen and oxygen atoms in total. The predicted molar refractivity (Wildman–Crippen MR) is 74.6 cm³/mol. The Labute approximate surface area is 121 Å². The monoisotopic (exact) mass is 286 g/mol. The highest BCUT2D eigenvalue weighted by molar-refractivity contribution is 5.82. The molecule has 0 aromatic rings. The second kappa shape index (κ2) is 10.4. The number of aliphatic hydroxyl groups excluding tert-OH is 1. The summed E-state index contributed by atoms with van der Waals surface area (Å²) in [6.45, 7) is 11.5. The average molecular weight is 286 g/mol. The molecule has 0 saturated heterocycles. The molecule has 0 bridgehead atoms. The van der Waals surface area contributed by atoms with E-state index in [-0.39, 0.29) is 18.0 Å². The third-order valence-electron chi connectivity index (χ3n) is 2.49. The molecule has 2 atom stereocenters. The van der Waals surface area contributed by atoms with Crippen molar-refractivity contribution in [1.29, 1.82) is 0 Å². The molecule has 0 amide bonds. The van der Waals surface area contributed by atoms with Crippen LogP contribution in [0.5, 0.6) is 0 Å². The van der Waals surface area contributed by atoms with Crippen LogP contribution >= 0.6 is 0 Å². The van der Waals surface area contributed by atoms with Gasteiger partial charge in [-0.3, -0.25) is 0 Å². The highest BCUT2D eigenvalue weighted by Gasteiger charge is 2.19. The maximum absolute atomic E-state index is 11.5. The van der Waals surface area contributed by atoms with E-state index in [1.54, 1.807) is 6.08 Å². The van der Waals surface area contributed by atoms with Gasteiger partial charge in [-0.25, -0.2) is 4.79 Å². The van der Waals surface area contributed by atoms with Crippen LogP contribution in [-0.4, -0.2) is 28.9 Å². The van der Waals surface area contributed by atoms with Crippen LogP contribution in [0, 0.1) is 11.8 Å². The molecule has 0 aliphatic carbocycles. The molecule has 1 N–H and O–H groups in total. The Bertz CT molecular complexity index is 333. The number of carbonyl (C=O) groups is 1. The van der Waals surface area contributed by atoms with Gasteiger partial charge in [0.1, 0.15) is 5.60 Å². The van der Waals surface area contributed by atoms with Crippen LogP contribution in [0.2, 0.25) is 0 Å². The van der Waals surface area contributed by atoms with E-state index in [1.165, 1.54) is 6.08 Å². The summed E-state index contributed by atoms with van der Waals surface area (Å²) < 4.78 is 5.17. The van der Waals surface area contributed by atoms with Crippen molar-refractivity contribution in [2.45, 2.75) is 59.7 Å². The first kappa shape index (κ1) is 20.9. The third kappa shape index (κ3) is 11.6. The van der Waals surface area contributed by atoms with Gasteiger partial charge in [-0.2, -0.15) is 9.59 Å². The Morgan fingerprint density at radius 3 is 2.05 bits per heavy atom. The van der Waals surface area contributed by atoms with Gasteiger partial charge in [0, 0.05) is 12.0 Å². The van der Waals surface area contributed by atoms with Crippen molar-refractivity contribution >= 4 is 12.1 Å². The number of ether oxygens (including phenoxy) is 1. The summed E-state index contributed by atoms with van der Waals surface area (Å²) in [5.74, 6) is -0.0670. The molecule has 0 heterocycles. The zero-order chi connectivity index (χ0) is 16.3. The Balaban J connectivity index is 0. The van der Waals surface area contributed by atoms with Crippen molar-refractivity contribution in [3.05, 3.63) is 12.2 Å². The molecule has 0 aliphatic heterocycles. The van der Waals surface area contributed by atoms with Gasteiger partial charge >= 0.3 is 12.1 Å². The molecule has 0 spiro atoms. The topological polar surface area (TPSA) is 80.7 Å². The van der Waals surface area contributed by atoms with Gasteiger partial charge in [0.05, 0.1) is 6.10 Å². The first-order chi connectivity index (χ1) is 9.08. The number of aliphatic hydroxyl groups is 1. The van der Waals surface area contributed by atoms with Crippen LogP contribution in [0.15, 0.2) is 12.2 Å². The molecule has 0 unspecified atom stereocenters. The molecule has 0 aromatic carbocycles. The first-order valence-electron chi connectivity index (χ1n) is 6.67. The molecule has 20 heavy (non-hydrogen) atoms. The minimum Gasteiger partial charge on any atom is -0.457 e. The Hall–Kier alpha value is -1.45. The Kier molecular flexibility index (Phi) is 10.8. The van der Waals surface area contributed by atoms with Crippen LogP contribution in [0.4, 0.5) is 0 Å². The van der Waals surface area contributed by atoms with Crippen molar-refractivity contribution in [1.82, 2.24) is 0 Å². The summed E-state index contributed by atoms with van der Waals surface area (Å²) in [7, 11) is 0. The number of esters is 1. The van der Waals surface area contributed by atoms with E-state index in [9.17, 15) is 9.90 Å². The zero-order valence-corrected chi connectivity index (χ0v) is 13.2. The number of rotatable bonds is 5. The van der Waals surface area contributed by atoms with Crippen LogP contribution in [0.25, 0.3) is 0 Å². The van der Waals surface area contributed by atoms with Crippen molar-refractivity contribution in [3.63, 3.8) is 0 Å². The van der Waals surface area contributed by atoms with Gasteiger partial charge in [-0.1, -0.05) is 26.8 Å². The normalized spacial score (nSPS) is 14.2. The van der Waals surface area contributed by atoms with E-state index >= 15 is 0 Å². The van der Waals surface area contributed by atoms with Gasteiger partial charge in [0.15, 0.2) is 0 Å². The summed E-state index contributed by atoms with van der Waals surface area (Å²) in [4.78, 5) is 27.8. The summed E-state index contributed by atoms with van der Waals surface area (Å²) in [6.07, 6.45) is 3.71. The molecule has 0 fully saturated rings. The summed E-state index contributed by atoms with van der Waals surface area (Å²) in [5, 5.41) is 9.83. The fraction of sp³-hybridized carbons (Fsp3) is 0.733. The van der Waals surface area contributed by atoms with E-state index in [1.807, 2.05) is 41.5 Å². The fourth-order valence-corrected chi connectivity index (χ4v) is 1.59. The predicted octanol–water partition coefficient (Wildman–Crippen LogP) is 2.34. The Morgan fingerprint density at radius 1 is 1.30 bits per heavy atom.